The summed E-state index contributed by atoms with van der Waals surface area (Å²) in [5.74, 6) is 0. The standard InChI is InChI=1S/C30H34O6/c1-2-18-33-30-29(35-21-25-16-10-5-11-17-25)28(34-20-24-14-8-4-9-15-24)27(31)26(36-30)22-32-19-23-12-6-3-7-13-23/h2-17,26-31H,1,18-22H2/t26-,27-,28+,29-,30?/m1/s1. The van der Waals surface area contributed by atoms with E-state index < -0.39 is 30.7 Å². The highest BCUT2D eigenvalue weighted by molar-refractivity contribution is 5.15. The van der Waals surface area contributed by atoms with Crippen LogP contribution in [0.3, 0.4) is 0 Å². The maximum Gasteiger partial charge on any atom is 0.187 e. The van der Waals surface area contributed by atoms with Crippen molar-refractivity contribution in [1.82, 2.24) is 0 Å². The van der Waals surface area contributed by atoms with Crippen molar-refractivity contribution in [2.45, 2.75) is 50.5 Å². The van der Waals surface area contributed by atoms with Crippen molar-refractivity contribution < 1.29 is 28.8 Å². The fourth-order valence-corrected chi connectivity index (χ4v) is 4.09. The Bertz CT molecular complexity index is 1010. The molecule has 1 unspecified atom stereocenters. The molecule has 6 heteroatoms. The third-order valence-corrected chi connectivity index (χ3v) is 5.96. The van der Waals surface area contributed by atoms with E-state index in [1.54, 1.807) is 6.08 Å². The van der Waals surface area contributed by atoms with Gasteiger partial charge in [-0.3, -0.25) is 0 Å². The average Bonchev–Trinajstić information content (AvgIpc) is 2.93. The lowest BCUT2D eigenvalue weighted by Crippen LogP contribution is -2.61. The van der Waals surface area contributed by atoms with Crippen molar-refractivity contribution in [2.75, 3.05) is 13.2 Å². The zero-order chi connectivity index (χ0) is 25.0. The van der Waals surface area contributed by atoms with Crippen molar-refractivity contribution in [3.63, 3.8) is 0 Å². The molecule has 0 spiro atoms. The highest BCUT2D eigenvalue weighted by Gasteiger charge is 2.47. The summed E-state index contributed by atoms with van der Waals surface area (Å²) in [5, 5.41) is 11.3. The third-order valence-electron chi connectivity index (χ3n) is 5.96. The lowest BCUT2D eigenvalue weighted by molar-refractivity contribution is -0.319. The van der Waals surface area contributed by atoms with E-state index >= 15 is 0 Å². The first-order chi connectivity index (χ1) is 17.7. The van der Waals surface area contributed by atoms with Gasteiger partial charge in [0.25, 0.3) is 0 Å². The molecule has 0 bridgehead atoms. The Balaban J connectivity index is 1.48. The van der Waals surface area contributed by atoms with Crippen molar-refractivity contribution in [1.29, 1.82) is 0 Å². The number of aliphatic hydroxyl groups is 1. The molecule has 36 heavy (non-hydrogen) atoms. The Morgan fingerprint density at radius 1 is 0.694 bits per heavy atom. The molecule has 1 heterocycles. The first kappa shape index (κ1) is 26.2. The highest BCUT2D eigenvalue weighted by atomic mass is 16.7. The quantitative estimate of drug-likeness (QED) is 0.352. The Morgan fingerprint density at radius 3 is 1.72 bits per heavy atom. The summed E-state index contributed by atoms with van der Waals surface area (Å²) in [6.45, 7) is 5.26. The van der Waals surface area contributed by atoms with E-state index in [9.17, 15) is 5.11 Å². The molecule has 0 radical (unpaired) electrons. The van der Waals surface area contributed by atoms with E-state index in [2.05, 4.69) is 6.58 Å². The van der Waals surface area contributed by atoms with Crippen LogP contribution in [0.15, 0.2) is 104 Å². The van der Waals surface area contributed by atoms with Crippen LogP contribution in [-0.4, -0.2) is 49.0 Å². The Morgan fingerprint density at radius 2 is 1.19 bits per heavy atom. The fraction of sp³-hybridized carbons (Fsp3) is 0.333. The minimum Gasteiger partial charge on any atom is -0.387 e. The van der Waals surface area contributed by atoms with Crippen molar-refractivity contribution >= 4 is 0 Å². The molecule has 3 aromatic rings. The van der Waals surface area contributed by atoms with Crippen LogP contribution >= 0.6 is 0 Å². The van der Waals surface area contributed by atoms with Crippen LogP contribution in [0.1, 0.15) is 16.7 Å². The fourth-order valence-electron chi connectivity index (χ4n) is 4.09. The molecule has 6 nitrogen and oxygen atoms in total. The van der Waals surface area contributed by atoms with E-state index in [1.165, 1.54) is 0 Å². The SMILES string of the molecule is C=CCOC1O[C@H](COCc2ccccc2)[C@@H](O)[C@H](OCc2ccccc2)[C@H]1OCc1ccccc1. The molecule has 1 aliphatic rings. The Hall–Kier alpha value is -2.84. The van der Waals surface area contributed by atoms with Gasteiger partial charge < -0.3 is 28.8 Å². The third kappa shape index (κ3) is 7.58. The average molecular weight is 491 g/mol. The maximum absolute atomic E-state index is 11.3. The first-order valence-corrected chi connectivity index (χ1v) is 12.2. The molecule has 0 amide bonds. The molecule has 4 rings (SSSR count). The second kappa shape index (κ2) is 14.0. The summed E-state index contributed by atoms with van der Waals surface area (Å²) in [7, 11) is 0. The summed E-state index contributed by atoms with van der Waals surface area (Å²) in [6, 6.07) is 29.6. The van der Waals surface area contributed by atoms with Gasteiger partial charge >= 0.3 is 0 Å². The summed E-state index contributed by atoms with van der Waals surface area (Å²) < 4.78 is 30.6. The number of ether oxygens (including phenoxy) is 5. The molecule has 1 aliphatic heterocycles. The van der Waals surface area contributed by atoms with E-state index in [-0.39, 0.29) is 13.2 Å². The lowest BCUT2D eigenvalue weighted by atomic mass is 9.98. The molecular formula is C30H34O6. The van der Waals surface area contributed by atoms with Gasteiger partial charge in [0, 0.05) is 0 Å². The van der Waals surface area contributed by atoms with Gasteiger partial charge in [0.05, 0.1) is 33.0 Å². The van der Waals surface area contributed by atoms with Gasteiger partial charge in [-0.1, -0.05) is 97.1 Å². The molecular weight excluding hydrogens is 456 g/mol. The zero-order valence-electron chi connectivity index (χ0n) is 20.4. The highest BCUT2D eigenvalue weighted by Crippen LogP contribution is 2.29. The van der Waals surface area contributed by atoms with E-state index in [4.69, 9.17) is 23.7 Å². The van der Waals surface area contributed by atoms with Gasteiger partial charge in [-0.2, -0.15) is 0 Å². The zero-order valence-corrected chi connectivity index (χ0v) is 20.4. The number of aliphatic hydroxyl groups excluding tert-OH is 1. The largest absolute Gasteiger partial charge is 0.387 e. The van der Waals surface area contributed by atoms with Crippen LogP contribution in [0.5, 0.6) is 0 Å². The molecule has 1 saturated heterocycles. The predicted octanol–water partition coefficient (Wildman–Crippen LogP) is 4.66. The van der Waals surface area contributed by atoms with E-state index in [0.29, 0.717) is 19.8 Å². The van der Waals surface area contributed by atoms with Crippen molar-refractivity contribution in [3.8, 4) is 0 Å². The number of hydrogen-bond donors (Lipinski definition) is 1. The topological polar surface area (TPSA) is 66.4 Å². The number of rotatable bonds is 13. The van der Waals surface area contributed by atoms with Crippen LogP contribution in [0.4, 0.5) is 0 Å². The van der Waals surface area contributed by atoms with Crippen molar-refractivity contribution in [2.24, 2.45) is 0 Å². The first-order valence-electron chi connectivity index (χ1n) is 12.2. The van der Waals surface area contributed by atoms with Crippen LogP contribution in [0, 0.1) is 0 Å². The Kier molecular flexibility index (Phi) is 10.2. The monoisotopic (exact) mass is 490 g/mol. The van der Waals surface area contributed by atoms with Gasteiger partial charge in [-0.15, -0.1) is 6.58 Å². The van der Waals surface area contributed by atoms with Crippen molar-refractivity contribution in [3.05, 3.63) is 120 Å². The Labute approximate surface area is 213 Å². The number of benzene rings is 3. The normalized spacial score (nSPS) is 23.9. The number of hydrogen-bond acceptors (Lipinski definition) is 6. The van der Waals surface area contributed by atoms with Gasteiger partial charge in [0.15, 0.2) is 6.29 Å². The second-order valence-corrected chi connectivity index (χ2v) is 8.68. The minimum absolute atomic E-state index is 0.181. The summed E-state index contributed by atoms with van der Waals surface area (Å²) in [6.07, 6.45) is -2.09. The summed E-state index contributed by atoms with van der Waals surface area (Å²) in [5.41, 5.74) is 3.05. The van der Waals surface area contributed by atoms with E-state index in [0.717, 1.165) is 16.7 Å². The van der Waals surface area contributed by atoms with Crippen LogP contribution in [-0.2, 0) is 43.5 Å². The van der Waals surface area contributed by atoms with Crippen LogP contribution in [0.25, 0.3) is 0 Å². The lowest BCUT2D eigenvalue weighted by Gasteiger charge is -2.44. The van der Waals surface area contributed by atoms with Gasteiger partial charge in [0.2, 0.25) is 0 Å². The predicted molar refractivity (Wildman–Crippen MR) is 137 cm³/mol. The van der Waals surface area contributed by atoms with Crippen LogP contribution in [0.2, 0.25) is 0 Å². The molecule has 5 atom stereocenters. The molecule has 1 N–H and O–H groups in total. The maximum atomic E-state index is 11.3. The smallest absolute Gasteiger partial charge is 0.187 e. The molecule has 0 aromatic heterocycles. The summed E-state index contributed by atoms with van der Waals surface area (Å²) in [4.78, 5) is 0. The minimum atomic E-state index is -0.978. The van der Waals surface area contributed by atoms with Gasteiger partial charge in [-0.05, 0) is 16.7 Å². The summed E-state index contributed by atoms with van der Waals surface area (Å²) >= 11 is 0. The van der Waals surface area contributed by atoms with E-state index in [1.807, 2.05) is 91.0 Å². The molecule has 190 valence electrons. The molecule has 0 saturated carbocycles. The van der Waals surface area contributed by atoms with Crippen LogP contribution < -0.4 is 0 Å². The molecule has 1 fully saturated rings. The van der Waals surface area contributed by atoms with Gasteiger partial charge in [-0.25, -0.2) is 0 Å². The second-order valence-electron chi connectivity index (χ2n) is 8.68. The molecule has 0 aliphatic carbocycles. The molecule has 3 aromatic carbocycles. The van der Waals surface area contributed by atoms with Gasteiger partial charge in [0.1, 0.15) is 24.4 Å².